The zero-order valence-corrected chi connectivity index (χ0v) is 13.6. The lowest BCUT2D eigenvalue weighted by Gasteiger charge is -2.09. The van der Waals surface area contributed by atoms with E-state index in [0.29, 0.717) is 11.3 Å². The van der Waals surface area contributed by atoms with Crippen molar-refractivity contribution in [3.63, 3.8) is 0 Å². The van der Waals surface area contributed by atoms with Crippen LogP contribution in [0.1, 0.15) is 29.0 Å². The van der Waals surface area contributed by atoms with E-state index < -0.39 is 11.8 Å². The van der Waals surface area contributed by atoms with Crippen molar-refractivity contribution >= 4 is 16.7 Å². The minimum atomic E-state index is -0.808. The highest BCUT2D eigenvalue weighted by Crippen LogP contribution is 2.26. The van der Waals surface area contributed by atoms with E-state index in [1.165, 1.54) is 6.26 Å². The van der Waals surface area contributed by atoms with Gasteiger partial charge in [0.25, 0.3) is 5.89 Å². The first-order chi connectivity index (χ1) is 12.1. The molecule has 4 aromatic rings. The molecule has 0 aliphatic carbocycles. The molecule has 1 unspecified atom stereocenters. The Morgan fingerprint density at radius 2 is 2.04 bits per heavy atom. The van der Waals surface area contributed by atoms with Gasteiger partial charge in [0.1, 0.15) is 6.04 Å². The second-order valence-corrected chi connectivity index (χ2v) is 5.81. The van der Waals surface area contributed by atoms with Crippen LogP contribution in [-0.4, -0.2) is 20.5 Å². The molecule has 126 valence electrons. The maximum atomic E-state index is 13.0. The number of para-hydroxylation sites is 1. The van der Waals surface area contributed by atoms with Gasteiger partial charge in [-0.1, -0.05) is 18.2 Å². The molecule has 0 fully saturated rings. The highest BCUT2D eigenvalue weighted by molar-refractivity contribution is 6.10. The minimum absolute atomic E-state index is 0.0466. The Morgan fingerprint density at radius 1 is 1.24 bits per heavy atom. The van der Waals surface area contributed by atoms with Crippen LogP contribution in [0.15, 0.2) is 56.3 Å². The van der Waals surface area contributed by atoms with Crippen molar-refractivity contribution in [2.45, 2.75) is 19.9 Å². The van der Waals surface area contributed by atoms with Crippen LogP contribution in [0.5, 0.6) is 0 Å². The van der Waals surface area contributed by atoms with E-state index in [0.717, 1.165) is 21.3 Å². The number of carbonyl (C=O) groups is 1. The van der Waals surface area contributed by atoms with E-state index in [2.05, 4.69) is 10.1 Å². The molecule has 0 radical (unpaired) electrons. The fourth-order valence-electron chi connectivity index (χ4n) is 2.95. The number of hydrogen-bond donors (Lipinski definition) is 1. The summed E-state index contributed by atoms with van der Waals surface area (Å²) < 4.78 is 11.3. The lowest BCUT2D eigenvalue weighted by molar-refractivity contribution is 0.0925. The van der Waals surface area contributed by atoms with Crippen molar-refractivity contribution in [3.8, 4) is 11.7 Å². The fourth-order valence-corrected chi connectivity index (χ4v) is 2.95. The van der Waals surface area contributed by atoms with E-state index in [-0.39, 0.29) is 11.7 Å². The number of benzene rings is 1. The first kappa shape index (κ1) is 15.2. The van der Waals surface area contributed by atoms with E-state index in [9.17, 15) is 9.59 Å². The number of hydrogen-bond acceptors (Lipinski definition) is 5. The number of rotatable bonds is 4. The summed E-state index contributed by atoms with van der Waals surface area (Å²) in [7, 11) is 0. The molecular formula is C18H15N3O4. The monoisotopic (exact) mass is 337 g/mol. The molecule has 0 saturated carbocycles. The number of aryl methyl sites for hydroxylation is 1. The highest BCUT2D eigenvalue weighted by Gasteiger charge is 2.26. The maximum Gasteiger partial charge on any atom is 0.438 e. The molecule has 0 saturated heterocycles. The van der Waals surface area contributed by atoms with Crippen molar-refractivity contribution < 1.29 is 13.6 Å². The SMILES string of the molecule is Cc1[nH]c2ccccc2c1C(=O)C(C)n1nc(-c2ccco2)oc1=O. The van der Waals surface area contributed by atoms with E-state index >= 15 is 0 Å². The third-order valence-corrected chi connectivity index (χ3v) is 4.19. The predicted molar refractivity (Wildman–Crippen MR) is 90.5 cm³/mol. The molecule has 0 bridgehead atoms. The summed E-state index contributed by atoms with van der Waals surface area (Å²) in [6.07, 6.45) is 1.46. The Labute approximate surface area is 141 Å². The molecule has 1 aromatic carbocycles. The van der Waals surface area contributed by atoms with Gasteiger partial charge in [0.15, 0.2) is 11.5 Å². The summed E-state index contributed by atoms with van der Waals surface area (Å²) in [6.45, 7) is 3.46. The number of nitrogens with zero attached hydrogens (tertiary/aromatic N) is 2. The Balaban J connectivity index is 1.76. The molecule has 0 aliphatic rings. The Kier molecular flexibility index (Phi) is 3.42. The van der Waals surface area contributed by atoms with Gasteiger partial charge in [-0.05, 0) is 32.0 Å². The van der Waals surface area contributed by atoms with Gasteiger partial charge in [0.05, 0.1) is 6.26 Å². The van der Waals surface area contributed by atoms with Crippen LogP contribution in [0.25, 0.3) is 22.6 Å². The maximum absolute atomic E-state index is 13.0. The summed E-state index contributed by atoms with van der Waals surface area (Å²) >= 11 is 0. The van der Waals surface area contributed by atoms with Crippen molar-refractivity contribution in [2.24, 2.45) is 0 Å². The van der Waals surface area contributed by atoms with Crippen LogP contribution < -0.4 is 5.76 Å². The average molecular weight is 337 g/mol. The first-order valence-electron chi connectivity index (χ1n) is 7.81. The normalized spacial score (nSPS) is 12.6. The zero-order chi connectivity index (χ0) is 17.6. The largest absolute Gasteiger partial charge is 0.459 e. The van der Waals surface area contributed by atoms with Gasteiger partial charge in [-0.3, -0.25) is 4.79 Å². The van der Waals surface area contributed by atoms with Gasteiger partial charge < -0.3 is 13.8 Å². The average Bonchev–Trinajstić information content (AvgIpc) is 3.31. The molecule has 3 heterocycles. The summed E-state index contributed by atoms with van der Waals surface area (Å²) in [5.41, 5.74) is 2.18. The summed E-state index contributed by atoms with van der Waals surface area (Å²) in [6, 6.07) is 10.0. The van der Waals surface area contributed by atoms with E-state index in [1.54, 1.807) is 19.1 Å². The third-order valence-electron chi connectivity index (χ3n) is 4.19. The summed E-state index contributed by atoms with van der Waals surface area (Å²) in [5, 5.41) is 4.92. The van der Waals surface area contributed by atoms with E-state index in [4.69, 9.17) is 8.83 Å². The molecule has 1 N–H and O–H groups in total. The molecule has 0 aliphatic heterocycles. The van der Waals surface area contributed by atoms with E-state index in [1.807, 2.05) is 31.2 Å². The Bertz CT molecular complexity index is 1120. The zero-order valence-electron chi connectivity index (χ0n) is 13.6. The standard InChI is InChI=1S/C18H15N3O4/c1-10-15(12-6-3-4-7-13(12)19-10)16(22)11(2)21-18(23)25-17(20-21)14-8-5-9-24-14/h3-9,11,19H,1-2H3. The quantitative estimate of drug-likeness (QED) is 0.576. The Hall–Kier alpha value is -3.35. The van der Waals surface area contributed by atoms with Crippen LogP contribution in [0.2, 0.25) is 0 Å². The second kappa shape index (κ2) is 5.62. The highest BCUT2D eigenvalue weighted by atomic mass is 16.4. The third kappa shape index (κ3) is 2.40. The van der Waals surface area contributed by atoms with Crippen LogP contribution in [0.4, 0.5) is 0 Å². The number of aromatic amines is 1. The number of H-pyrrole nitrogens is 1. The predicted octanol–water partition coefficient (Wildman–Crippen LogP) is 3.33. The molecular weight excluding hydrogens is 322 g/mol. The topological polar surface area (TPSA) is 94.0 Å². The first-order valence-corrected chi connectivity index (χ1v) is 7.81. The fraction of sp³-hybridized carbons (Fsp3) is 0.167. The lowest BCUT2D eigenvalue weighted by atomic mass is 10.0. The Morgan fingerprint density at radius 3 is 2.80 bits per heavy atom. The van der Waals surface area contributed by atoms with Gasteiger partial charge in [0.2, 0.25) is 0 Å². The van der Waals surface area contributed by atoms with Gasteiger partial charge in [0, 0.05) is 22.2 Å². The lowest BCUT2D eigenvalue weighted by Crippen LogP contribution is -2.26. The molecule has 4 rings (SSSR count). The molecule has 3 aromatic heterocycles. The number of fused-ring (bicyclic) bond motifs is 1. The smallest absolute Gasteiger partial charge is 0.438 e. The summed E-state index contributed by atoms with van der Waals surface area (Å²) in [5.74, 6) is -0.537. The van der Waals surface area contributed by atoms with Crippen LogP contribution in [-0.2, 0) is 0 Å². The van der Waals surface area contributed by atoms with Gasteiger partial charge in [-0.2, -0.15) is 4.68 Å². The molecule has 7 nitrogen and oxygen atoms in total. The molecule has 25 heavy (non-hydrogen) atoms. The number of Topliss-reactive ketones (excluding diaryl/α,β-unsaturated/α-hetero) is 1. The molecule has 0 spiro atoms. The van der Waals surface area contributed by atoms with Crippen molar-refractivity contribution in [1.29, 1.82) is 0 Å². The van der Waals surface area contributed by atoms with Gasteiger partial charge in [-0.25, -0.2) is 4.79 Å². The van der Waals surface area contributed by atoms with Gasteiger partial charge in [-0.15, -0.1) is 5.10 Å². The van der Waals surface area contributed by atoms with Gasteiger partial charge >= 0.3 is 5.76 Å². The van der Waals surface area contributed by atoms with Crippen molar-refractivity contribution in [2.75, 3.05) is 0 Å². The van der Waals surface area contributed by atoms with Crippen molar-refractivity contribution in [1.82, 2.24) is 14.8 Å². The number of nitrogens with one attached hydrogen (secondary N) is 1. The number of aromatic nitrogens is 3. The number of furan rings is 1. The van der Waals surface area contributed by atoms with Crippen molar-refractivity contribution in [3.05, 3.63) is 64.5 Å². The second-order valence-electron chi connectivity index (χ2n) is 5.81. The summed E-state index contributed by atoms with van der Waals surface area (Å²) in [4.78, 5) is 28.3. The molecule has 7 heteroatoms. The minimum Gasteiger partial charge on any atom is -0.459 e. The van der Waals surface area contributed by atoms with Crippen LogP contribution in [0.3, 0.4) is 0 Å². The molecule has 1 atom stereocenters. The van der Waals surface area contributed by atoms with Crippen LogP contribution in [0, 0.1) is 6.92 Å². The number of carbonyl (C=O) groups excluding carboxylic acids is 1. The molecule has 0 amide bonds. The number of ketones is 1. The van der Waals surface area contributed by atoms with Crippen LogP contribution >= 0.6 is 0 Å².